The molecule has 1 heterocycles. The Kier molecular flexibility index (Phi) is 8.30. The van der Waals surface area contributed by atoms with E-state index < -0.39 is 0 Å². The lowest BCUT2D eigenvalue weighted by atomic mass is 9.93. The van der Waals surface area contributed by atoms with Crippen LogP contribution in [0.1, 0.15) is 113 Å². The van der Waals surface area contributed by atoms with E-state index in [1.165, 1.54) is 22.3 Å². The molecule has 0 aliphatic carbocycles. The first kappa shape index (κ1) is 25.7. The molecule has 0 spiro atoms. The van der Waals surface area contributed by atoms with E-state index in [-0.39, 0.29) is 0 Å². The molecule has 0 saturated heterocycles. The van der Waals surface area contributed by atoms with Crippen molar-refractivity contribution in [3.8, 4) is 0 Å². The van der Waals surface area contributed by atoms with Crippen LogP contribution in [0.15, 0.2) is 58.5 Å². The summed E-state index contributed by atoms with van der Waals surface area (Å²) in [7, 11) is 2.08. The Labute approximate surface area is 206 Å². The number of aromatic nitrogens is 1. The molecule has 3 nitrogen and oxygen atoms in total. The molecule has 0 saturated carbocycles. The van der Waals surface area contributed by atoms with Crippen LogP contribution in [0.25, 0.3) is 0 Å². The van der Waals surface area contributed by atoms with E-state index >= 15 is 0 Å². The molecule has 0 amide bonds. The molecule has 0 radical (unpaired) electrons. The van der Waals surface area contributed by atoms with Gasteiger partial charge in [-0.15, -0.1) is 0 Å². The molecule has 34 heavy (non-hydrogen) atoms. The summed E-state index contributed by atoms with van der Waals surface area (Å²) in [6.45, 7) is 17.9. The van der Waals surface area contributed by atoms with Gasteiger partial charge in [-0.25, -0.2) is 0 Å². The lowest BCUT2D eigenvalue weighted by Gasteiger charge is -2.16. The van der Waals surface area contributed by atoms with Gasteiger partial charge in [0.1, 0.15) is 0 Å². The normalized spacial score (nSPS) is 12.5. The first-order chi connectivity index (χ1) is 16.1. The second-order valence-corrected chi connectivity index (χ2v) is 10.4. The van der Waals surface area contributed by atoms with Gasteiger partial charge in [-0.05, 0) is 58.1 Å². The summed E-state index contributed by atoms with van der Waals surface area (Å²) in [6.07, 6.45) is 3.98. The number of aliphatic imine (C=N–C) groups is 2. The van der Waals surface area contributed by atoms with Crippen molar-refractivity contribution in [3.05, 3.63) is 82.2 Å². The zero-order chi connectivity index (χ0) is 25.0. The van der Waals surface area contributed by atoms with E-state index in [0.717, 1.165) is 22.8 Å². The van der Waals surface area contributed by atoms with Gasteiger partial charge in [0.2, 0.25) is 0 Å². The van der Waals surface area contributed by atoms with Gasteiger partial charge in [0.15, 0.2) is 0 Å². The summed E-state index contributed by atoms with van der Waals surface area (Å²) in [6, 6.07) is 17.3. The highest BCUT2D eigenvalue weighted by atomic mass is 15.0. The maximum absolute atomic E-state index is 5.00. The Balaban J connectivity index is 1.97. The zero-order valence-corrected chi connectivity index (χ0v) is 22.4. The lowest BCUT2D eigenvalue weighted by Crippen LogP contribution is -2.01. The summed E-state index contributed by atoms with van der Waals surface area (Å²) in [5, 5.41) is 0. The van der Waals surface area contributed by atoms with Gasteiger partial charge in [0, 0.05) is 7.05 Å². The molecule has 0 unspecified atom stereocenters. The highest BCUT2D eigenvalue weighted by Crippen LogP contribution is 2.36. The summed E-state index contributed by atoms with van der Waals surface area (Å²) in [4.78, 5) is 9.99. The number of benzene rings is 2. The fourth-order valence-electron chi connectivity index (χ4n) is 4.39. The van der Waals surface area contributed by atoms with Crippen molar-refractivity contribution in [2.24, 2.45) is 17.0 Å². The molecule has 0 atom stereocenters. The second kappa shape index (κ2) is 11.0. The van der Waals surface area contributed by atoms with Crippen LogP contribution in [0.3, 0.4) is 0 Å². The van der Waals surface area contributed by atoms with E-state index in [1.807, 2.05) is 12.4 Å². The van der Waals surface area contributed by atoms with Crippen LogP contribution >= 0.6 is 0 Å². The first-order valence-corrected chi connectivity index (χ1v) is 12.6. The minimum absolute atomic E-state index is 0.429. The average Bonchev–Trinajstić information content (AvgIpc) is 3.14. The highest BCUT2D eigenvalue weighted by Gasteiger charge is 2.14. The number of hydrogen-bond acceptors (Lipinski definition) is 2. The first-order valence-electron chi connectivity index (χ1n) is 12.6. The Morgan fingerprint density at radius 3 is 1.09 bits per heavy atom. The second-order valence-electron chi connectivity index (χ2n) is 10.4. The van der Waals surface area contributed by atoms with Gasteiger partial charge in [-0.3, -0.25) is 9.98 Å². The molecular formula is C31H41N3. The fraction of sp³-hybridized carbons (Fsp3) is 0.419. The molecular weight excluding hydrogens is 414 g/mol. The van der Waals surface area contributed by atoms with Crippen LogP contribution in [-0.2, 0) is 7.05 Å². The molecule has 180 valence electrons. The van der Waals surface area contributed by atoms with Crippen LogP contribution in [-0.4, -0.2) is 17.0 Å². The molecule has 1 aromatic heterocycles. The van der Waals surface area contributed by atoms with E-state index in [9.17, 15) is 0 Å². The highest BCUT2D eigenvalue weighted by molar-refractivity contribution is 5.87. The summed E-state index contributed by atoms with van der Waals surface area (Å²) in [5.41, 5.74) is 9.53. The molecule has 0 aliphatic rings. The molecule has 3 rings (SSSR count). The minimum Gasteiger partial charge on any atom is -0.342 e. The van der Waals surface area contributed by atoms with E-state index in [1.54, 1.807) is 0 Å². The van der Waals surface area contributed by atoms with Crippen molar-refractivity contribution >= 4 is 23.8 Å². The third-order valence-corrected chi connectivity index (χ3v) is 6.54. The summed E-state index contributed by atoms with van der Waals surface area (Å²) >= 11 is 0. The average molecular weight is 456 g/mol. The minimum atomic E-state index is 0.429. The van der Waals surface area contributed by atoms with E-state index in [2.05, 4.69) is 116 Å². The monoisotopic (exact) mass is 455 g/mol. The molecule has 3 aromatic rings. The van der Waals surface area contributed by atoms with Crippen molar-refractivity contribution in [2.45, 2.75) is 79.1 Å². The Hall–Kier alpha value is -2.94. The van der Waals surface area contributed by atoms with Gasteiger partial charge < -0.3 is 4.57 Å². The van der Waals surface area contributed by atoms with Gasteiger partial charge in [0.05, 0.1) is 35.2 Å². The molecule has 0 aliphatic heterocycles. The van der Waals surface area contributed by atoms with Crippen LogP contribution in [0.5, 0.6) is 0 Å². The number of rotatable bonds is 8. The zero-order valence-electron chi connectivity index (χ0n) is 22.4. The predicted octanol–water partition coefficient (Wildman–Crippen LogP) is 9.02. The Morgan fingerprint density at radius 2 is 0.824 bits per heavy atom. The van der Waals surface area contributed by atoms with Gasteiger partial charge >= 0.3 is 0 Å². The molecule has 3 heteroatoms. The molecule has 0 fully saturated rings. The number of para-hydroxylation sites is 2. The largest absolute Gasteiger partial charge is 0.342 e. The predicted molar refractivity (Wildman–Crippen MR) is 149 cm³/mol. The fourth-order valence-corrected chi connectivity index (χ4v) is 4.39. The van der Waals surface area contributed by atoms with Gasteiger partial charge in [-0.1, -0.05) is 91.8 Å². The third-order valence-electron chi connectivity index (χ3n) is 6.54. The third kappa shape index (κ3) is 5.58. The maximum Gasteiger partial charge on any atom is 0.0699 e. The van der Waals surface area contributed by atoms with Crippen molar-refractivity contribution in [1.82, 2.24) is 4.57 Å². The topological polar surface area (TPSA) is 29.6 Å². The van der Waals surface area contributed by atoms with Crippen LogP contribution < -0.4 is 0 Å². The molecule has 2 aromatic carbocycles. The Morgan fingerprint density at radius 1 is 0.529 bits per heavy atom. The van der Waals surface area contributed by atoms with Crippen molar-refractivity contribution in [2.75, 3.05) is 0 Å². The Bertz CT molecular complexity index is 1030. The summed E-state index contributed by atoms with van der Waals surface area (Å²) in [5.74, 6) is 1.72. The smallest absolute Gasteiger partial charge is 0.0699 e. The standard InChI is InChI=1S/C31H41N3/c1-20(2)26-12-10-13-27(21(3)4)30(26)32-18-24-16-17-25(34(24)9)19-33-31-28(22(5)6)14-11-15-29(31)23(7)8/h10-23H,1-9H3. The van der Waals surface area contributed by atoms with E-state index in [4.69, 9.17) is 9.98 Å². The molecule has 0 bridgehead atoms. The van der Waals surface area contributed by atoms with Gasteiger partial charge in [0.25, 0.3) is 0 Å². The van der Waals surface area contributed by atoms with Crippen LogP contribution in [0.2, 0.25) is 0 Å². The van der Waals surface area contributed by atoms with E-state index in [0.29, 0.717) is 23.7 Å². The van der Waals surface area contributed by atoms with Crippen molar-refractivity contribution in [3.63, 3.8) is 0 Å². The molecule has 0 N–H and O–H groups in total. The summed E-state index contributed by atoms with van der Waals surface area (Å²) < 4.78 is 2.16. The van der Waals surface area contributed by atoms with Crippen molar-refractivity contribution in [1.29, 1.82) is 0 Å². The van der Waals surface area contributed by atoms with Crippen molar-refractivity contribution < 1.29 is 0 Å². The lowest BCUT2D eigenvalue weighted by molar-refractivity contribution is 0.834. The number of hydrogen-bond donors (Lipinski definition) is 0. The maximum atomic E-state index is 5.00. The SMILES string of the molecule is CC(C)c1cccc(C(C)C)c1N=Cc1ccc(C=Nc2c(C(C)C)cccc2C(C)C)n1C. The van der Waals surface area contributed by atoms with Gasteiger partial charge in [-0.2, -0.15) is 0 Å². The van der Waals surface area contributed by atoms with Crippen LogP contribution in [0, 0.1) is 0 Å². The van der Waals surface area contributed by atoms with Crippen LogP contribution in [0.4, 0.5) is 11.4 Å². The quantitative estimate of drug-likeness (QED) is 0.303. The number of nitrogens with zero attached hydrogens (tertiary/aromatic N) is 3.